The summed E-state index contributed by atoms with van der Waals surface area (Å²) >= 11 is 5.83. The second-order valence-electron chi connectivity index (χ2n) is 5.96. The van der Waals surface area contributed by atoms with E-state index in [1.165, 1.54) is 0 Å². The summed E-state index contributed by atoms with van der Waals surface area (Å²) < 4.78 is 40.1. The van der Waals surface area contributed by atoms with Gasteiger partial charge in [-0.15, -0.1) is 0 Å². The monoisotopic (exact) mass is 392 g/mol. The number of hydrogen-bond donors (Lipinski definition) is 1. The molecular formula is C19H16ClF3N4. The number of rotatable bonds is 4. The minimum absolute atomic E-state index is 0.144. The van der Waals surface area contributed by atoms with Crippen molar-refractivity contribution in [3.63, 3.8) is 0 Å². The summed E-state index contributed by atoms with van der Waals surface area (Å²) in [7, 11) is 1.70. The molecule has 0 spiro atoms. The molecule has 1 aromatic heterocycles. The fourth-order valence-corrected chi connectivity index (χ4v) is 2.58. The molecule has 1 heterocycles. The molecular weight excluding hydrogens is 377 g/mol. The van der Waals surface area contributed by atoms with Gasteiger partial charge in [-0.05, 0) is 48.9 Å². The summed E-state index contributed by atoms with van der Waals surface area (Å²) in [5, 5.41) is 3.19. The average Bonchev–Trinajstić information content (AvgIpc) is 2.62. The minimum Gasteiger partial charge on any atom is -0.340 e. The molecule has 2 aromatic carbocycles. The van der Waals surface area contributed by atoms with Crippen LogP contribution in [0, 0.1) is 6.92 Å². The van der Waals surface area contributed by atoms with Crippen molar-refractivity contribution in [1.82, 2.24) is 9.97 Å². The maximum atomic E-state index is 13.4. The van der Waals surface area contributed by atoms with Crippen molar-refractivity contribution in [3.8, 4) is 0 Å². The third-order valence-electron chi connectivity index (χ3n) is 3.88. The Kier molecular flexibility index (Phi) is 5.23. The Morgan fingerprint density at radius 3 is 2.41 bits per heavy atom. The number of aromatic nitrogens is 2. The Morgan fingerprint density at radius 2 is 1.78 bits per heavy atom. The molecule has 4 nitrogen and oxygen atoms in total. The normalized spacial score (nSPS) is 11.3. The summed E-state index contributed by atoms with van der Waals surface area (Å²) in [4.78, 5) is 9.64. The van der Waals surface area contributed by atoms with E-state index in [2.05, 4.69) is 15.3 Å². The van der Waals surface area contributed by atoms with Crippen LogP contribution in [-0.4, -0.2) is 17.0 Å². The van der Waals surface area contributed by atoms with Crippen LogP contribution in [0.5, 0.6) is 0 Å². The first-order valence-electron chi connectivity index (χ1n) is 8.01. The molecule has 0 amide bonds. The SMILES string of the molecule is Cc1cccc(N(C)c2ncc(C(F)(F)F)c(Nc3ccc(Cl)cc3)n2)c1. The van der Waals surface area contributed by atoms with Crippen LogP contribution in [-0.2, 0) is 6.18 Å². The number of hydrogen-bond acceptors (Lipinski definition) is 4. The molecule has 3 aromatic rings. The highest BCUT2D eigenvalue weighted by Gasteiger charge is 2.35. The van der Waals surface area contributed by atoms with Gasteiger partial charge in [0.05, 0.1) is 0 Å². The maximum Gasteiger partial charge on any atom is 0.421 e. The van der Waals surface area contributed by atoms with Crippen molar-refractivity contribution < 1.29 is 13.2 Å². The molecule has 1 N–H and O–H groups in total. The lowest BCUT2D eigenvalue weighted by atomic mass is 10.2. The highest BCUT2D eigenvalue weighted by molar-refractivity contribution is 6.30. The van der Waals surface area contributed by atoms with Crippen molar-refractivity contribution in [3.05, 3.63) is 70.9 Å². The molecule has 0 radical (unpaired) electrons. The average molecular weight is 393 g/mol. The van der Waals surface area contributed by atoms with Crippen LogP contribution < -0.4 is 10.2 Å². The predicted molar refractivity (Wildman–Crippen MR) is 101 cm³/mol. The van der Waals surface area contributed by atoms with Crippen LogP contribution in [0.2, 0.25) is 5.02 Å². The summed E-state index contributed by atoms with van der Waals surface area (Å²) in [6.45, 7) is 1.93. The Hall–Kier alpha value is -2.80. The first-order valence-corrected chi connectivity index (χ1v) is 8.39. The Bertz CT molecular complexity index is 942. The van der Waals surface area contributed by atoms with E-state index in [-0.39, 0.29) is 11.8 Å². The number of alkyl halides is 3. The maximum absolute atomic E-state index is 13.4. The lowest BCUT2D eigenvalue weighted by molar-refractivity contribution is -0.137. The van der Waals surface area contributed by atoms with Gasteiger partial charge in [0.1, 0.15) is 11.4 Å². The molecule has 140 valence electrons. The molecule has 0 saturated heterocycles. The predicted octanol–water partition coefficient (Wildman–Crippen LogP) is 5.97. The molecule has 8 heteroatoms. The van der Waals surface area contributed by atoms with Crippen LogP contribution in [0.4, 0.5) is 36.3 Å². The van der Waals surface area contributed by atoms with Crippen molar-refractivity contribution in [1.29, 1.82) is 0 Å². The zero-order valence-corrected chi connectivity index (χ0v) is 15.3. The number of nitrogens with zero attached hydrogens (tertiary/aromatic N) is 3. The van der Waals surface area contributed by atoms with E-state index >= 15 is 0 Å². The molecule has 0 atom stereocenters. The van der Waals surface area contributed by atoms with E-state index in [9.17, 15) is 13.2 Å². The van der Waals surface area contributed by atoms with Crippen LogP contribution in [0.15, 0.2) is 54.7 Å². The van der Waals surface area contributed by atoms with Crippen molar-refractivity contribution >= 4 is 34.7 Å². The molecule has 0 aliphatic rings. The van der Waals surface area contributed by atoms with Gasteiger partial charge in [-0.1, -0.05) is 23.7 Å². The highest BCUT2D eigenvalue weighted by atomic mass is 35.5. The minimum atomic E-state index is -4.59. The largest absolute Gasteiger partial charge is 0.421 e. The molecule has 0 saturated carbocycles. The molecule has 0 unspecified atom stereocenters. The van der Waals surface area contributed by atoms with Crippen LogP contribution in [0.25, 0.3) is 0 Å². The van der Waals surface area contributed by atoms with E-state index in [4.69, 9.17) is 11.6 Å². The van der Waals surface area contributed by atoms with Gasteiger partial charge in [-0.2, -0.15) is 18.2 Å². The molecule has 27 heavy (non-hydrogen) atoms. The van der Waals surface area contributed by atoms with Crippen molar-refractivity contribution in [2.24, 2.45) is 0 Å². The van der Waals surface area contributed by atoms with Gasteiger partial charge in [-0.25, -0.2) is 4.98 Å². The third-order valence-corrected chi connectivity index (χ3v) is 4.13. The fraction of sp³-hybridized carbons (Fsp3) is 0.158. The second kappa shape index (κ2) is 7.44. The van der Waals surface area contributed by atoms with Gasteiger partial charge in [0, 0.05) is 29.6 Å². The summed E-state index contributed by atoms with van der Waals surface area (Å²) in [5.74, 6) is -0.181. The number of anilines is 4. The number of halogens is 4. The van der Waals surface area contributed by atoms with Gasteiger partial charge < -0.3 is 10.2 Å². The van der Waals surface area contributed by atoms with Gasteiger partial charge in [-0.3, -0.25) is 0 Å². The quantitative estimate of drug-likeness (QED) is 0.594. The van der Waals surface area contributed by atoms with Gasteiger partial charge in [0.15, 0.2) is 0 Å². The molecule has 0 aliphatic heterocycles. The fourth-order valence-electron chi connectivity index (χ4n) is 2.46. The standard InChI is InChI=1S/C19H16ClF3N4/c1-12-4-3-5-15(10-12)27(2)18-24-11-16(19(21,22)23)17(26-18)25-14-8-6-13(20)7-9-14/h3-11H,1-2H3,(H,24,25,26). The number of nitrogens with one attached hydrogen (secondary N) is 1. The van der Waals surface area contributed by atoms with E-state index < -0.39 is 11.7 Å². The topological polar surface area (TPSA) is 41.1 Å². The molecule has 0 fully saturated rings. The van der Waals surface area contributed by atoms with E-state index in [1.54, 1.807) is 36.2 Å². The van der Waals surface area contributed by atoms with Crippen LogP contribution >= 0.6 is 11.6 Å². The second-order valence-corrected chi connectivity index (χ2v) is 6.40. The van der Waals surface area contributed by atoms with Gasteiger partial charge >= 0.3 is 6.18 Å². The first kappa shape index (κ1) is 19.0. The van der Waals surface area contributed by atoms with Crippen LogP contribution in [0.3, 0.4) is 0 Å². The Balaban J connectivity index is 2.01. The molecule has 0 aliphatic carbocycles. The first-order chi connectivity index (χ1) is 12.7. The Labute approximate surface area is 159 Å². The lowest BCUT2D eigenvalue weighted by Gasteiger charge is -2.20. The third kappa shape index (κ3) is 4.49. The summed E-state index contributed by atoms with van der Waals surface area (Å²) in [6, 6.07) is 13.8. The lowest BCUT2D eigenvalue weighted by Crippen LogP contribution is -2.17. The summed E-state index contributed by atoms with van der Waals surface area (Å²) in [6.07, 6.45) is -3.80. The summed E-state index contributed by atoms with van der Waals surface area (Å²) in [5.41, 5.74) is 1.28. The number of benzene rings is 2. The van der Waals surface area contributed by atoms with Crippen LogP contribution in [0.1, 0.15) is 11.1 Å². The van der Waals surface area contributed by atoms with E-state index in [0.717, 1.165) is 17.4 Å². The number of aryl methyl sites for hydroxylation is 1. The molecule has 3 rings (SSSR count). The smallest absolute Gasteiger partial charge is 0.340 e. The Morgan fingerprint density at radius 1 is 1.07 bits per heavy atom. The zero-order chi connectivity index (χ0) is 19.6. The van der Waals surface area contributed by atoms with Crippen molar-refractivity contribution in [2.75, 3.05) is 17.3 Å². The van der Waals surface area contributed by atoms with Gasteiger partial charge in [0.25, 0.3) is 0 Å². The zero-order valence-electron chi connectivity index (χ0n) is 14.5. The van der Waals surface area contributed by atoms with Gasteiger partial charge in [0.2, 0.25) is 5.95 Å². The highest BCUT2D eigenvalue weighted by Crippen LogP contribution is 2.36. The van der Waals surface area contributed by atoms with Crippen molar-refractivity contribution in [2.45, 2.75) is 13.1 Å². The van der Waals surface area contributed by atoms with E-state index in [1.807, 2.05) is 31.2 Å². The van der Waals surface area contributed by atoms with E-state index in [0.29, 0.717) is 10.7 Å². The molecule has 0 bridgehead atoms.